The van der Waals surface area contributed by atoms with E-state index < -0.39 is 34.8 Å². The van der Waals surface area contributed by atoms with Gasteiger partial charge in [0.1, 0.15) is 11.5 Å². The summed E-state index contributed by atoms with van der Waals surface area (Å²) in [7, 11) is 2.81. The van der Waals surface area contributed by atoms with Gasteiger partial charge in [0.05, 0.1) is 95.0 Å². The molecular weight excluding hydrogens is 865 g/mol. The second-order valence-corrected chi connectivity index (χ2v) is 12.9. The maximum Gasteiger partial charge on any atom is 2.00 e. The number of H-pyrrole nitrogens is 2. The van der Waals surface area contributed by atoms with Gasteiger partial charge in [-0.1, -0.05) is 0 Å². The van der Waals surface area contributed by atoms with Crippen LogP contribution >= 0.6 is 0 Å². The molecule has 19 nitrogen and oxygen atoms in total. The van der Waals surface area contributed by atoms with Crippen LogP contribution < -0.4 is 28.4 Å². The summed E-state index contributed by atoms with van der Waals surface area (Å²) in [5.74, 6) is 1.82. The van der Waals surface area contributed by atoms with Crippen molar-refractivity contribution in [2.75, 3.05) is 28.4 Å². The smallest absolute Gasteiger partial charge is 0.493 e. The standard InChI is InChI=1S/2C16H15F2N3O4S.2Mg.5H2O/c2*1-23-13-5-6-19-12(14(13)24-2)8-26(22)16-20-10-4-3-9(25-15(17)18)7-11(10)21-16;;;;;;;/h2*3-7,15H,8H2,1-2H3,(H,20,21);;;5*1H2/q;;2*+2;;;;;. The van der Waals surface area contributed by atoms with E-state index in [1.54, 1.807) is 12.1 Å². The van der Waals surface area contributed by atoms with E-state index >= 15 is 0 Å². The quantitative estimate of drug-likeness (QED) is 0.114. The van der Waals surface area contributed by atoms with Gasteiger partial charge < -0.3 is 65.8 Å². The first-order valence-corrected chi connectivity index (χ1v) is 17.4. The van der Waals surface area contributed by atoms with Gasteiger partial charge in [0.25, 0.3) is 0 Å². The number of imidazole rings is 2. The monoisotopic (exact) mass is 904 g/mol. The number of hydrogen-bond donors (Lipinski definition) is 2. The molecule has 4 heterocycles. The second-order valence-electron chi connectivity index (χ2n) is 10.2. The molecule has 2 atom stereocenters. The van der Waals surface area contributed by atoms with Crippen LogP contribution in [0.25, 0.3) is 22.1 Å². The molecule has 0 aliphatic rings. The van der Waals surface area contributed by atoms with Crippen LogP contribution in [-0.4, -0.2) is 153 Å². The molecule has 0 aliphatic carbocycles. The summed E-state index contributed by atoms with van der Waals surface area (Å²) in [5, 5.41) is 0.390. The molecule has 0 fully saturated rings. The van der Waals surface area contributed by atoms with E-state index in [-0.39, 0.29) is 107 Å². The van der Waals surface area contributed by atoms with Crippen LogP contribution in [0.1, 0.15) is 11.4 Å². The molecule has 2 aromatic carbocycles. The Hall–Kier alpha value is -4.17. The Morgan fingerprint density at radius 3 is 1.24 bits per heavy atom. The first-order valence-electron chi connectivity index (χ1n) is 14.8. The zero-order valence-corrected chi connectivity index (χ0v) is 36.1. The molecule has 6 aromatic rings. The third-order valence-corrected chi connectivity index (χ3v) is 9.33. The third-order valence-electron chi connectivity index (χ3n) is 7.01. The van der Waals surface area contributed by atoms with Gasteiger partial charge in [-0.25, -0.2) is 9.97 Å². The summed E-state index contributed by atoms with van der Waals surface area (Å²) < 4.78 is 104. The fraction of sp³-hybridized carbons (Fsp3) is 0.250. The van der Waals surface area contributed by atoms with Crippen molar-refractivity contribution < 1.29 is 81.8 Å². The Bertz CT molecular complexity index is 2070. The van der Waals surface area contributed by atoms with E-state index in [1.807, 2.05) is 0 Å². The number of nitrogens with one attached hydrogen (secondary N) is 2. The Morgan fingerprint density at radius 2 is 0.932 bits per heavy atom. The molecule has 0 amide bonds. The molecule has 0 aliphatic heterocycles. The number of pyridine rings is 2. The average molecular weight is 905 g/mol. The number of aromatic amines is 2. The number of aromatic nitrogens is 6. The van der Waals surface area contributed by atoms with Gasteiger partial charge in [-0.15, -0.1) is 0 Å². The first-order chi connectivity index (χ1) is 25.0. The van der Waals surface area contributed by atoms with Gasteiger partial charge in [-0.3, -0.25) is 18.4 Å². The van der Waals surface area contributed by atoms with Crippen molar-refractivity contribution in [1.82, 2.24) is 29.9 Å². The molecule has 27 heteroatoms. The summed E-state index contributed by atoms with van der Waals surface area (Å²) in [5.41, 5.74) is 2.76. The normalized spacial score (nSPS) is 10.9. The van der Waals surface area contributed by atoms with Crippen LogP contribution in [0.15, 0.2) is 71.2 Å². The van der Waals surface area contributed by atoms with Gasteiger partial charge in [-0.2, -0.15) is 17.6 Å². The Labute approximate surface area is 369 Å². The van der Waals surface area contributed by atoms with Crippen molar-refractivity contribution in [3.05, 3.63) is 72.3 Å². The number of methoxy groups -OCH3 is 4. The maximum atomic E-state index is 12.6. The predicted molar refractivity (Wildman–Crippen MR) is 210 cm³/mol. The van der Waals surface area contributed by atoms with Crippen molar-refractivity contribution >= 4 is 89.8 Å². The zero-order valence-electron chi connectivity index (χ0n) is 31.6. The minimum absolute atomic E-state index is 0. The largest absolute Gasteiger partial charge is 2.00 e. The molecule has 0 radical (unpaired) electrons. The van der Waals surface area contributed by atoms with E-state index in [0.717, 1.165) is 0 Å². The Kier molecular flexibility index (Phi) is 27.6. The van der Waals surface area contributed by atoms with Crippen LogP contribution in [0, 0.1) is 0 Å². The van der Waals surface area contributed by atoms with Crippen LogP contribution in [0.4, 0.5) is 17.6 Å². The number of hydrogen-bond acceptors (Lipinski definition) is 12. The van der Waals surface area contributed by atoms with Crippen molar-refractivity contribution in [3.8, 4) is 34.5 Å². The van der Waals surface area contributed by atoms with E-state index in [0.29, 0.717) is 56.5 Å². The predicted octanol–water partition coefficient (Wildman–Crippen LogP) is 0.884. The van der Waals surface area contributed by atoms with Crippen LogP contribution in [0.3, 0.4) is 0 Å². The third kappa shape index (κ3) is 15.1. The van der Waals surface area contributed by atoms with Gasteiger partial charge in [-0.05, 0) is 24.3 Å². The first kappa shape index (κ1) is 59.1. The summed E-state index contributed by atoms with van der Waals surface area (Å²) in [6.07, 6.45) is 3.06. The van der Waals surface area contributed by atoms with Crippen molar-refractivity contribution in [2.24, 2.45) is 0 Å². The number of rotatable bonds is 14. The number of benzene rings is 2. The maximum absolute atomic E-state index is 12.6. The van der Waals surface area contributed by atoms with Gasteiger partial charge in [0.2, 0.25) is 0 Å². The molecule has 0 bridgehead atoms. The van der Waals surface area contributed by atoms with Crippen LogP contribution in [0.5, 0.6) is 34.5 Å². The number of nitrogens with zero attached hydrogens (tertiary/aromatic N) is 4. The van der Waals surface area contributed by atoms with E-state index in [2.05, 4.69) is 39.4 Å². The van der Waals surface area contributed by atoms with E-state index in [1.165, 1.54) is 77.2 Å². The fourth-order valence-electron chi connectivity index (χ4n) is 4.79. The molecule has 6 rings (SSSR count). The van der Waals surface area contributed by atoms with Crippen molar-refractivity contribution in [3.63, 3.8) is 0 Å². The fourth-order valence-corrected chi connectivity index (χ4v) is 6.82. The second kappa shape index (κ2) is 27.6. The molecule has 0 spiro atoms. The van der Waals surface area contributed by atoms with E-state index in [4.69, 9.17) is 18.9 Å². The van der Waals surface area contributed by atoms with E-state index in [9.17, 15) is 26.0 Å². The summed E-state index contributed by atoms with van der Waals surface area (Å²) in [6, 6.07) is 11.8. The molecule has 12 N–H and O–H groups in total. The molecule has 4 aromatic heterocycles. The van der Waals surface area contributed by atoms with Gasteiger partial charge in [0.15, 0.2) is 33.3 Å². The molecule has 0 saturated heterocycles. The number of ether oxygens (including phenoxy) is 6. The Balaban J connectivity index is -0.000000950. The number of fused-ring (bicyclic) bond motifs is 2. The number of alkyl halides is 4. The number of halogens is 4. The summed E-state index contributed by atoms with van der Waals surface area (Å²) in [6.45, 7) is -5.84. The van der Waals surface area contributed by atoms with Gasteiger partial charge >= 0.3 is 59.3 Å². The summed E-state index contributed by atoms with van der Waals surface area (Å²) in [4.78, 5) is 22.5. The minimum Gasteiger partial charge on any atom is -0.493 e. The molecule has 0 saturated carbocycles. The average Bonchev–Trinajstić information content (AvgIpc) is 3.75. The SMILES string of the molecule is COc1ccnc(CS(=O)c2nc3ccc(OC(F)F)cc3[nH]2)c1OC.COc1ccnc(CS(=O)c2nc3ccc(OC(F)F)cc3[nH]2)c1OC.O.O.O.O.O.[Mg+2].[Mg+2]. The topological polar surface area (TPSA) is 330 Å². The molecular formula is C32H40F4Mg2N6O13S2+4. The van der Waals surface area contributed by atoms with Crippen LogP contribution in [0.2, 0.25) is 0 Å². The molecule has 2 unspecified atom stereocenters. The minimum atomic E-state index is -2.92. The zero-order chi connectivity index (χ0) is 37.4. The van der Waals surface area contributed by atoms with Crippen molar-refractivity contribution in [1.29, 1.82) is 0 Å². The molecule has 59 heavy (non-hydrogen) atoms. The Morgan fingerprint density at radius 1 is 0.576 bits per heavy atom. The van der Waals surface area contributed by atoms with Crippen LogP contribution in [-0.2, 0) is 33.1 Å². The summed E-state index contributed by atoms with van der Waals surface area (Å²) >= 11 is 0. The molecule has 316 valence electrons. The van der Waals surface area contributed by atoms with Crippen molar-refractivity contribution in [2.45, 2.75) is 35.0 Å². The van der Waals surface area contributed by atoms with Gasteiger partial charge in [0, 0.05) is 36.7 Å².